The molecular formula is C8H15NO2Si. The van der Waals surface area contributed by atoms with E-state index in [4.69, 9.17) is 10.8 Å². The first-order valence-corrected chi connectivity index (χ1v) is 7.31. The zero-order valence-electron chi connectivity index (χ0n) is 7.72. The van der Waals surface area contributed by atoms with E-state index in [1.165, 1.54) is 0 Å². The molecule has 0 aliphatic heterocycles. The summed E-state index contributed by atoms with van der Waals surface area (Å²) in [6.45, 7) is 6.27. The fraction of sp³-hybridized carbons (Fsp3) is 0.625. The molecule has 0 aromatic carbocycles. The van der Waals surface area contributed by atoms with Crippen molar-refractivity contribution in [3.63, 3.8) is 0 Å². The molecule has 0 radical (unpaired) electrons. The van der Waals surface area contributed by atoms with Crippen molar-refractivity contribution in [3.05, 3.63) is 0 Å². The second kappa shape index (κ2) is 4.29. The van der Waals surface area contributed by atoms with Gasteiger partial charge in [-0.15, -0.1) is 5.54 Å². The summed E-state index contributed by atoms with van der Waals surface area (Å²) >= 11 is 0. The summed E-state index contributed by atoms with van der Waals surface area (Å²) in [7, 11) is -1.41. The van der Waals surface area contributed by atoms with E-state index in [1.807, 2.05) is 0 Å². The van der Waals surface area contributed by atoms with E-state index in [0.29, 0.717) is 0 Å². The van der Waals surface area contributed by atoms with Crippen LogP contribution in [-0.2, 0) is 4.79 Å². The minimum Gasteiger partial charge on any atom is -0.481 e. The molecule has 0 saturated carbocycles. The molecule has 4 heteroatoms. The Morgan fingerprint density at radius 3 is 2.42 bits per heavy atom. The van der Waals surface area contributed by atoms with Gasteiger partial charge in [-0.25, -0.2) is 0 Å². The van der Waals surface area contributed by atoms with Crippen molar-refractivity contribution in [2.24, 2.45) is 5.73 Å². The van der Waals surface area contributed by atoms with Gasteiger partial charge in [0, 0.05) is 0 Å². The minimum atomic E-state index is -1.41. The van der Waals surface area contributed by atoms with Crippen molar-refractivity contribution in [2.75, 3.05) is 0 Å². The standard InChI is InChI=1S/C8H15NO2Si/c1-12(2,3)5-4-7(9)6-8(10)11/h7H,6,9H2,1-3H3,(H,10,11). The van der Waals surface area contributed by atoms with Crippen LogP contribution >= 0.6 is 0 Å². The summed E-state index contributed by atoms with van der Waals surface area (Å²) in [6, 6.07) is -0.519. The van der Waals surface area contributed by atoms with Crippen LogP contribution in [0.2, 0.25) is 19.6 Å². The van der Waals surface area contributed by atoms with Gasteiger partial charge in [-0.2, -0.15) is 0 Å². The predicted molar refractivity (Wildman–Crippen MR) is 51.4 cm³/mol. The smallest absolute Gasteiger partial charge is 0.305 e. The minimum absolute atomic E-state index is 0.0719. The predicted octanol–water partition coefficient (Wildman–Crippen LogP) is 0.669. The van der Waals surface area contributed by atoms with Crippen molar-refractivity contribution in [3.8, 4) is 11.5 Å². The first-order valence-electron chi connectivity index (χ1n) is 3.81. The molecule has 0 amide bonds. The SMILES string of the molecule is C[Si](C)(C)C#CC(N)CC(=O)O. The molecule has 0 heterocycles. The first-order chi connectivity index (χ1) is 5.31. The second-order valence-electron chi connectivity index (χ2n) is 3.72. The van der Waals surface area contributed by atoms with E-state index in [9.17, 15) is 4.79 Å². The second-order valence-corrected chi connectivity index (χ2v) is 8.47. The molecule has 12 heavy (non-hydrogen) atoms. The molecule has 1 atom stereocenters. The monoisotopic (exact) mass is 185 g/mol. The molecule has 68 valence electrons. The molecule has 1 unspecified atom stereocenters. The zero-order chi connectivity index (χ0) is 9.78. The normalized spacial score (nSPS) is 13.0. The van der Waals surface area contributed by atoms with Gasteiger partial charge in [-0.1, -0.05) is 25.6 Å². The van der Waals surface area contributed by atoms with Crippen molar-refractivity contribution < 1.29 is 9.90 Å². The zero-order valence-corrected chi connectivity index (χ0v) is 8.72. The number of carboxylic acids is 1. The number of hydrogen-bond donors (Lipinski definition) is 2. The van der Waals surface area contributed by atoms with Crippen LogP contribution in [0.1, 0.15) is 6.42 Å². The maximum absolute atomic E-state index is 10.2. The Morgan fingerprint density at radius 2 is 2.08 bits per heavy atom. The average Bonchev–Trinajstić information content (AvgIpc) is 1.80. The van der Waals surface area contributed by atoms with Crippen molar-refractivity contribution in [2.45, 2.75) is 32.1 Å². The summed E-state index contributed by atoms with van der Waals surface area (Å²) in [5.74, 6) is 1.87. The highest BCUT2D eigenvalue weighted by Crippen LogP contribution is 1.97. The Bertz CT molecular complexity index is 221. The molecule has 3 nitrogen and oxygen atoms in total. The van der Waals surface area contributed by atoms with Crippen LogP contribution in [0.5, 0.6) is 0 Å². The van der Waals surface area contributed by atoms with Gasteiger partial charge in [-0.05, 0) is 0 Å². The van der Waals surface area contributed by atoms with E-state index < -0.39 is 20.1 Å². The summed E-state index contributed by atoms with van der Waals surface area (Å²) < 4.78 is 0. The van der Waals surface area contributed by atoms with Crippen molar-refractivity contribution in [1.29, 1.82) is 0 Å². The van der Waals surface area contributed by atoms with Gasteiger partial charge >= 0.3 is 5.97 Å². The van der Waals surface area contributed by atoms with Crippen LogP contribution in [-0.4, -0.2) is 25.2 Å². The lowest BCUT2D eigenvalue weighted by Gasteiger charge is -2.05. The summed E-state index contributed by atoms with van der Waals surface area (Å²) in [5, 5.41) is 8.38. The molecule has 0 saturated heterocycles. The summed E-state index contributed by atoms with van der Waals surface area (Å²) in [6.07, 6.45) is -0.0719. The molecule has 0 spiro atoms. The molecule has 0 fully saturated rings. The Labute approximate surface area is 74.0 Å². The lowest BCUT2D eigenvalue weighted by molar-refractivity contribution is -0.137. The number of nitrogens with two attached hydrogens (primary N) is 1. The maximum atomic E-state index is 10.2. The third-order valence-electron chi connectivity index (χ3n) is 1.03. The molecule has 0 aliphatic carbocycles. The van der Waals surface area contributed by atoms with E-state index in [-0.39, 0.29) is 6.42 Å². The molecule has 0 aromatic rings. The Balaban J connectivity index is 4.04. The fourth-order valence-electron chi connectivity index (χ4n) is 0.548. The quantitative estimate of drug-likeness (QED) is 0.491. The lowest BCUT2D eigenvalue weighted by Crippen LogP contribution is -2.24. The van der Waals surface area contributed by atoms with Crippen LogP contribution in [0.3, 0.4) is 0 Å². The van der Waals surface area contributed by atoms with Gasteiger partial charge in [0.2, 0.25) is 0 Å². The van der Waals surface area contributed by atoms with Crippen LogP contribution in [0.15, 0.2) is 0 Å². The third-order valence-corrected chi connectivity index (χ3v) is 1.92. The topological polar surface area (TPSA) is 63.3 Å². The van der Waals surface area contributed by atoms with Crippen LogP contribution < -0.4 is 5.73 Å². The summed E-state index contributed by atoms with van der Waals surface area (Å²) in [4.78, 5) is 10.2. The molecule has 0 aliphatic rings. The van der Waals surface area contributed by atoms with Crippen molar-refractivity contribution in [1.82, 2.24) is 0 Å². The Hall–Kier alpha value is -0.793. The Morgan fingerprint density at radius 1 is 1.58 bits per heavy atom. The van der Waals surface area contributed by atoms with E-state index in [1.54, 1.807) is 0 Å². The molecule has 0 bridgehead atoms. The van der Waals surface area contributed by atoms with Gasteiger partial charge in [0.25, 0.3) is 0 Å². The number of aliphatic carboxylic acids is 1. The van der Waals surface area contributed by atoms with E-state index >= 15 is 0 Å². The lowest BCUT2D eigenvalue weighted by atomic mass is 10.2. The third kappa shape index (κ3) is 7.32. The highest BCUT2D eigenvalue weighted by Gasteiger charge is 2.09. The highest BCUT2D eigenvalue weighted by atomic mass is 28.3. The molecular weight excluding hydrogens is 170 g/mol. The van der Waals surface area contributed by atoms with Crippen LogP contribution in [0, 0.1) is 11.5 Å². The molecule has 3 N–H and O–H groups in total. The van der Waals surface area contributed by atoms with Gasteiger partial charge < -0.3 is 10.8 Å². The van der Waals surface area contributed by atoms with Crippen LogP contribution in [0.4, 0.5) is 0 Å². The molecule has 0 rings (SSSR count). The number of carbonyl (C=O) groups is 1. The Kier molecular flexibility index (Phi) is 4.00. The largest absolute Gasteiger partial charge is 0.481 e. The highest BCUT2D eigenvalue weighted by molar-refractivity contribution is 6.83. The number of hydrogen-bond acceptors (Lipinski definition) is 2. The maximum Gasteiger partial charge on any atom is 0.305 e. The average molecular weight is 185 g/mol. The molecule has 0 aromatic heterocycles. The van der Waals surface area contributed by atoms with Crippen LogP contribution in [0.25, 0.3) is 0 Å². The number of rotatable bonds is 2. The van der Waals surface area contributed by atoms with Crippen molar-refractivity contribution >= 4 is 14.0 Å². The fourth-order valence-corrected chi connectivity index (χ4v) is 1.17. The number of carboxylic acid groups (broad SMARTS) is 1. The van der Waals surface area contributed by atoms with Gasteiger partial charge in [0.1, 0.15) is 8.07 Å². The van der Waals surface area contributed by atoms with Gasteiger partial charge in [-0.3, -0.25) is 4.79 Å². The first kappa shape index (κ1) is 11.2. The van der Waals surface area contributed by atoms with Gasteiger partial charge in [0.15, 0.2) is 0 Å². The van der Waals surface area contributed by atoms with E-state index in [2.05, 4.69) is 31.1 Å². The van der Waals surface area contributed by atoms with Gasteiger partial charge in [0.05, 0.1) is 12.5 Å². The summed E-state index contributed by atoms with van der Waals surface area (Å²) in [5.41, 5.74) is 8.48. The van der Waals surface area contributed by atoms with E-state index in [0.717, 1.165) is 0 Å².